The van der Waals surface area contributed by atoms with Gasteiger partial charge in [0.25, 0.3) is 0 Å². The maximum absolute atomic E-state index is 13.1. The van der Waals surface area contributed by atoms with Crippen molar-refractivity contribution in [1.82, 2.24) is 0 Å². The van der Waals surface area contributed by atoms with Crippen LogP contribution in [0.4, 0.5) is 0 Å². The van der Waals surface area contributed by atoms with Crippen LogP contribution in [0.1, 0.15) is 39.9 Å². The van der Waals surface area contributed by atoms with Crippen LogP contribution in [0, 0.1) is 5.92 Å². The zero-order chi connectivity index (χ0) is 22.7. The summed E-state index contributed by atoms with van der Waals surface area (Å²) >= 11 is 4.04. The van der Waals surface area contributed by atoms with Crippen LogP contribution in [0.25, 0.3) is 11.3 Å². The molecule has 0 fully saturated rings. The van der Waals surface area contributed by atoms with E-state index in [2.05, 4.69) is 48.6 Å². The van der Waals surface area contributed by atoms with Gasteiger partial charge in [0.2, 0.25) is 0 Å². The Balaban J connectivity index is 1.66. The molecule has 2 aromatic carbocycles. The van der Waals surface area contributed by atoms with Crippen LogP contribution in [-0.4, -0.2) is 18.3 Å². The molecule has 1 aliphatic rings. The normalized spacial score (nSPS) is 14.9. The Labute approximate surface area is 205 Å². The molecule has 5 nitrogen and oxygen atoms in total. The van der Waals surface area contributed by atoms with Crippen LogP contribution in [0.2, 0.25) is 0 Å². The highest BCUT2D eigenvalue weighted by Gasteiger charge is 2.27. The summed E-state index contributed by atoms with van der Waals surface area (Å²) in [7, 11) is 0. The molecule has 2 atom stereocenters. The molecule has 2 unspecified atom stereocenters. The lowest BCUT2D eigenvalue weighted by atomic mass is 10.0. The van der Waals surface area contributed by atoms with E-state index in [1.807, 2.05) is 18.2 Å². The van der Waals surface area contributed by atoms with Gasteiger partial charge in [-0.1, -0.05) is 66.8 Å². The first-order valence-electron chi connectivity index (χ1n) is 10.5. The molecule has 3 aromatic rings. The van der Waals surface area contributed by atoms with Gasteiger partial charge in [-0.25, -0.2) is 4.79 Å². The van der Waals surface area contributed by atoms with Gasteiger partial charge in [0, 0.05) is 16.9 Å². The number of halogens is 1. The van der Waals surface area contributed by atoms with Crippen molar-refractivity contribution >= 4 is 34.4 Å². The van der Waals surface area contributed by atoms with Gasteiger partial charge in [-0.2, -0.15) is 0 Å². The highest BCUT2D eigenvalue weighted by atomic mass is 127. The lowest BCUT2D eigenvalue weighted by Gasteiger charge is -2.22. The molecular weight excluding hydrogens is 539 g/mol. The fraction of sp³-hybridized carbons (Fsp3) is 0.320. The van der Waals surface area contributed by atoms with E-state index in [4.69, 9.17) is 13.9 Å². The van der Waals surface area contributed by atoms with Gasteiger partial charge in [-0.05, 0) is 36.1 Å². The quantitative estimate of drug-likeness (QED) is 0.253. The van der Waals surface area contributed by atoms with Crippen LogP contribution in [0.5, 0.6) is 17.2 Å². The molecule has 2 heterocycles. The molecule has 0 saturated carbocycles. The molecule has 7 heteroatoms. The summed E-state index contributed by atoms with van der Waals surface area (Å²) in [4.78, 5) is 13.1. The van der Waals surface area contributed by atoms with Crippen molar-refractivity contribution in [3.63, 3.8) is 0 Å². The van der Waals surface area contributed by atoms with E-state index in [-0.39, 0.29) is 14.3 Å². The molecule has 1 N–H and O–H groups in total. The molecule has 0 amide bonds. The molecular formula is C25H25IO5S. The third-order valence-electron chi connectivity index (χ3n) is 5.15. The first kappa shape index (κ1) is 23.0. The number of hydrogen-bond donors (Lipinski definition) is 1. The molecule has 0 radical (unpaired) electrons. The van der Waals surface area contributed by atoms with Gasteiger partial charge in [-0.3, -0.25) is 0 Å². The number of hydrogen-bond acceptors (Lipinski definition) is 6. The molecule has 1 aromatic heterocycles. The second-order valence-corrected chi connectivity index (χ2v) is 11.4. The summed E-state index contributed by atoms with van der Waals surface area (Å²) in [5.74, 6) is 1.87. The summed E-state index contributed by atoms with van der Waals surface area (Å²) in [5.41, 5.74) is 1.63. The Morgan fingerprint density at radius 1 is 1.03 bits per heavy atom. The van der Waals surface area contributed by atoms with Crippen molar-refractivity contribution < 1.29 is 19.0 Å². The Hall–Kier alpha value is -2.13. The van der Waals surface area contributed by atoms with Crippen molar-refractivity contribution in [3.8, 4) is 28.6 Å². The second kappa shape index (κ2) is 10.2. The minimum atomic E-state index is -0.510. The summed E-state index contributed by atoms with van der Waals surface area (Å²) in [6, 6.07) is 17.0. The van der Waals surface area contributed by atoms with Crippen LogP contribution < -0.4 is 15.1 Å². The molecule has 0 saturated heterocycles. The molecule has 4 rings (SSSR count). The first-order valence-corrected chi connectivity index (χ1v) is 12.7. The van der Waals surface area contributed by atoms with E-state index < -0.39 is 5.63 Å². The number of aromatic hydroxyl groups is 1. The van der Waals surface area contributed by atoms with Crippen molar-refractivity contribution in [2.45, 2.75) is 28.8 Å². The van der Waals surface area contributed by atoms with Gasteiger partial charge < -0.3 is 19.0 Å². The molecule has 32 heavy (non-hydrogen) atoms. The fourth-order valence-electron chi connectivity index (χ4n) is 3.62. The van der Waals surface area contributed by atoms with Crippen LogP contribution in [0.3, 0.4) is 0 Å². The number of thioether (sulfide) groups is 1. The predicted octanol–water partition coefficient (Wildman–Crippen LogP) is 6.74. The average Bonchev–Trinajstić information content (AvgIpc) is 2.78. The Morgan fingerprint density at radius 3 is 2.44 bits per heavy atom. The number of ether oxygens (including phenoxy) is 2. The Bertz CT molecular complexity index is 1130. The van der Waals surface area contributed by atoms with E-state index >= 15 is 0 Å². The minimum Gasteiger partial charge on any atom is -0.507 e. The maximum Gasteiger partial charge on any atom is 0.344 e. The van der Waals surface area contributed by atoms with E-state index in [1.54, 1.807) is 30.0 Å². The Morgan fingerprint density at radius 2 is 1.75 bits per heavy atom. The van der Waals surface area contributed by atoms with E-state index in [9.17, 15) is 9.90 Å². The van der Waals surface area contributed by atoms with Gasteiger partial charge in [0.05, 0.1) is 8.82 Å². The number of alkyl halides is 1. The SMILES string of the molecule is CC(C)CC(SC(I)c1ccccc1)c1c(O)cc(-c2ccc3c(c2)OCCO3)oc1=O. The molecule has 0 spiro atoms. The molecule has 168 valence electrons. The zero-order valence-corrected chi connectivity index (χ0v) is 20.9. The number of benzene rings is 2. The Kier molecular flexibility index (Phi) is 7.35. The molecule has 1 aliphatic heterocycles. The third kappa shape index (κ3) is 5.26. The predicted molar refractivity (Wildman–Crippen MR) is 136 cm³/mol. The fourth-order valence-corrected chi connectivity index (χ4v) is 6.55. The van der Waals surface area contributed by atoms with Crippen molar-refractivity contribution in [2.75, 3.05) is 13.2 Å². The summed E-state index contributed by atoms with van der Waals surface area (Å²) in [6.45, 7) is 5.20. The highest BCUT2D eigenvalue weighted by Crippen LogP contribution is 2.48. The molecule has 0 aliphatic carbocycles. The smallest absolute Gasteiger partial charge is 0.344 e. The van der Waals surface area contributed by atoms with Crippen molar-refractivity contribution in [2.24, 2.45) is 5.92 Å². The summed E-state index contributed by atoms with van der Waals surface area (Å²) in [5, 5.41) is 10.7. The van der Waals surface area contributed by atoms with E-state index in [0.29, 0.717) is 47.5 Å². The zero-order valence-electron chi connectivity index (χ0n) is 17.9. The minimum absolute atomic E-state index is 0.0408. The highest BCUT2D eigenvalue weighted by molar-refractivity contribution is 14.1. The molecule has 0 bridgehead atoms. The van der Waals surface area contributed by atoms with Crippen molar-refractivity contribution in [1.29, 1.82) is 0 Å². The topological polar surface area (TPSA) is 68.9 Å². The van der Waals surface area contributed by atoms with Crippen LogP contribution >= 0.6 is 34.4 Å². The van der Waals surface area contributed by atoms with Crippen molar-refractivity contribution in [3.05, 3.63) is 76.1 Å². The summed E-state index contributed by atoms with van der Waals surface area (Å²) < 4.78 is 17.0. The van der Waals surface area contributed by atoms with Gasteiger partial charge in [0.1, 0.15) is 24.7 Å². The van der Waals surface area contributed by atoms with E-state index in [1.165, 1.54) is 11.6 Å². The van der Waals surface area contributed by atoms with Gasteiger partial charge in [0.15, 0.2) is 11.5 Å². The lowest BCUT2D eigenvalue weighted by molar-refractivity contribution is 0.171. The van der Waals surface area contributed by atoms with Crippen LogP contribution in [0.15, 0.2) is 63.8 Å². The van der Waals surface area contributed by atoms with Crippen LogP contribution in [-0.2, 0) is 0 Å². The van der Waals surface area contributed by atoms with Gasteiger partial charge >= 0.3 is 5.63 Å². The third-order valence-corrected chi connectivity index (χ3v) is 8.01. The monoisotopic (exact) mass is 564 g/mol. The number of fused-ring (bicyclic) bond motifs is 1. The van der Waals surface area contributed by atoms with E-state index in [0.717, 1.165) is 6.42 Å². The standard InChI is InChI=1S/C25H25IO5S/c1-15(2)12-22(32-24(26)16-6-4-3-5-7-16)23-18(27)14-20(31-25(23)28)17-8-9-19-21(13-17)30-11-10-29-19/h3-9,13-15,22,24,27H,10-12H2,1-2H3. The average molecular weight is 564 g/mol. The second-order valence-electron chi connectivity index (χ2n) is 8.04. The largest absolute Gasteiger partial charge is 0.507 e. The maximum atomic E-state index is 13.1. The lowest BCUT2D eigenvalue weighted by Crippen LogP contribution is -2.15. The number of rotatable bonds is 7. The summed E-state index contributed by atoms with van der Waals surface area (Å²) in [6.07, 6.45) is 0.749. The van der Waals surface area contributed by atoms with Gasteiger partial charge in [-0.15, -0.1) is 11.8 Å². The first-order chi connectivity index (χ1) is 15.4.